The Bertz CT molecular complexity index is 641. The van der Waals surface area contributed by atoms with Gasteiger partial charge in [0, 0.05) is 18.9 Å². The first-order chi connectivity index (χ1) is 8.88. The van der Waals surface area contributed by atoms with Crippen molar-refractivity contribution < 1.29 is 0 Å². The van der Waals surface area contributed by atoms with Gasteiger partial charge >= 0.3 is 0 Å². The Morgan fingerprint density at radius 1 is 1.39 bits per heavy atom. The van der Waals surface area contributed by atoms with Gasteiger partial charge in [-0.05, 0) is 6.42 Å². The number of H-pyrrole nitrogens is 1. The molecule has 0 fully saturated rings. The summed E-state index contributed by atoms with van der Waals surface area (Å²) in [6, 6.07) is 0. The van der Waals surface area contributed by atoms with Crippen LogP contribution in [-0.4, -0.2) is 36.0 Å². The number of aromatic nitrogens is 6. The molecular weight excluding hydrogens is 230 g/mol. The van der Waals surface area contributed by atoms with Crippen LogP contribution in [0.2, 0.25) is 0 Å². The van der Waals surface area contributed by atoms with Crippen molar-refractivity contribution in [3.05, 3.63) is 25.0 Å². The van der Waals surface area contributed by atoms with E-state index in [1.54, 1.807) is 18.9 Å². The Morgan fingerprint density at radius 3 is 3.11 bits per heavy atom. The number of aromatic amines is 1. The molecule has 0 aliphatic heterocycles. The lowest BCUT2D eigenvalue weighted by molar-refractivity contribution is 0.936. The van der Waals surface area contributed by atoms with Gasteiger partial charge in [0.1, 0.15) is 11.8 Å². The summed E-state index contributed by atoms with van der Waals surface area (Å²) in [6.07, 6.45) is 7.88. The lowest BCUT2D eigenvalue weighted by Crippen LogP contribution is -2.07. The molecule has 0 spiro atoms. The average molecular weight is 243 g/mol. The molecule has 0 unspecified atom stereocenters. The molecule has 0 amide bonds. The second kappa shape index (κ2) is 4.44. The molecule has 0 radical (unpaired) electrons. The number of anilines is 1. The highest BCUT2D eigenvalue weighted by atomic mass is 15.2. The smallest absolute Gasteiger partial charge is 0.226 e. The standard InChI is InChI=1S/C11H13N7/c1-2-3-13-11-16-9-8(14-6-15-9)10(17-11)18-5-4-12-7-18/h4-7H,2-3H2,1H3,(H2,13,14,15,16,17). The molecule has 0 saturated carbocycles. The minimum Gasteiger partial charge on any atom is -0.354 e. The van der Waals surface area contributed by atoms with Crippen LogP contribution in [-0.2, 0) is 0 Å². The largest absolute Gasteiger partial charge is 0.354 e. The predicted octanol–water partition coefficient (Wildman–Crippen LogP) is 1.36. The summed E-state index contributed by atoms with van der Waals surface area (Å²) in [4.78, 5) is 20.1. The number of nitrogens with zero attached hydrogens (tertiary/aromatic N) is 5. The molecular formula is C11H13N7. The van der Waals surface area contributed by atoms with Crippen molar-refractivity contribution in [2.24, 2.45) is 0 Å². The van der Waals surface area contributed by atoms with Crippen LogP contribution in [0, 0.1) is 0 Å². The SMILES string of the molecule is CCCNc1nc(-n2ccnc2)c2[nH]cnc2n1. The third kappa shape index (κ3) is 1.79. The first kappa shape index (κ1) is 10.7. The Morgan fingerprint density at radius 2 is 2.33 bits per heavy atom. The molecule has 3 aromatic heterocycles. The summed E-state index contributed by atoms with van der Waals surface area (Å²) in [6.45, 7) is 2.93. The molecule has 3 rings (SSSR count). The van der Waals surface area contributed by atoms with Gasteiger partial charge in [0.05, 0.1) is 6.33 Å². The van der Waals surface area contributed by atoms with Crippen LogP contribution >= 0.6 is 0 Å². The Kier molecular flexibility index (Phi) is 2.64. The van der Waals surface area contributed by atoms with E-state index in [1.165, 1.54) is 0 Å². The third-order valence-corrected chi connectivity index (χ3v) is 2.55. The molecule has 3 aromatic rings. The first-order valence-corrected chi connectivity index (χ1v) is 5.82. The molecule has 0 saturated heterocycles. The van der Waals surface area contributed by atoms with E-state index in [-0.39, 0.29) is 0 Å². The van der Waals surface area contributed by atoms with Gasteiger partial charge in [-0.1, -0.05) is 6.92 Å². The van der Waals surface area contributed by atoms with Crippen LogP contribution in [0.1, 0.15) is 13.3 Å². The zero-order chi connectivity index (χ0) is 12.4. The minimum atomic E-state index is 0.583. The molecule has 0 aliphatic carbocycles. The van der Waals surface area contributed by atoms with Crippen LogP contribution in [0.15, 0.2) is 25.0 Å². The summed E-state index contributed by atoms with van der Waals surface area (Å²) < 4.78 is 1.83. The lowest BCUT2D eigenvalue weighted by Gasteiger charge is -2.06. The van der Waals surface area contributed by atoms with Crippen molar-refractivity contribution in [3.63, 3.8) is 0 Å². The average Bonchev–Trinajstić information content (AvgIpc) is 3.05. The van der Waals surface area contributed by atoms with Gasteiger partial charge in [-0.25, -0.2) is 9.97 Å². The van der Waals surface area contributed by atoms with E-state index in [2.05, 4.69) is 37.2 Å². The third-order valence-electron chi connectivity index (χ3n) is 2.55. The van der Waals surface area contributed by atoms with Crippen LogP contribution in [0.4, 0.5) is 5.95 Å². The fraction of sp³-hybridized carbons (Fsp3) is 0.273. The van der Waals surface area contributed by atoms with Crippen molar-refractivity contribution in [3.8, 4) is 5.82 Å². The van der Waals surface area contributed by atoms with Gasteiger partial charge in [-0.3, -0.25) is 4.57 Å². The molecule has 3 heterocycles. The van der Waals surface area contributed by atoms with E-state index < -0.39 is 0 Å². The second-order valence-corrected chi connectivity index (χ2v) is 3.87. The molecule has 0 bridgehead atoms. The van der Waals surface area contributed by atoms with Crippen LogP contribution in [0.25, 0.3) is 17.0 Å². The molecule has 0 aromatic carbocycles. The number of nitrogens with one attached hydrogen (secondary N) is 2. The molecule has 2 N–H and O–H groups in total. The van der Waals surface area contributed by atoms with Gasteiger partial charge in [-0.15, -0.1) is 0 Å². The maximum atomic E-state index is 4.48. The van der Waals surface area contributed by atoms with Crippen molar-refractivity contribution >= 4 is 17.1 Å². The zero-order valence-corrected chi connectivity index (χ0v) is 9.96. The number of rotatable bonds is 4. The lowest BCUT2D eigenvalue weighted by atomic mass is 10.4. The Balaban J connectivity index is 2.12. The van der Waals surface area contributed by atoms with Gasteiger partial charge in [0.2, 0.25) is 5.95 Å². The zero-order valence-electron chi connectivity index (χ0n) is 9.96. The number of fused-ring (bicyclic) bond motifs is 1. The number of imidazole rings is 2. The van der Waals surface area contributed by atoms with Gasteiger partial charge in [0.15, 0.2) is 11.5 Å². The monoisotopic (exact) mass is 243 g/mol. The predicted molar refractivity (Wildman–Crippen MR) is 67.6 cm³/mol. The van der Waals surface area contributed by atoms with E-state index >= 15 is 0 Å². The molecule has 0 atom stereocenters. The van der Waals surface area contributed by atoms with E-state index in [1.807, 2.05) is 10.8 Å². The fourth-order valence-electron chi connectivity index (χ4n) is 1.71. The van der Waals surface area contributed by atoms with Gasteiger partial charge < -0.3 is 10.3 Å². The first-order valence-electron chi connectivity index (χ1n) is 5.82. The summed E-state index contributed by atoms with van der Waals surface area (Å²) in [5.41, 5.74) is 1.45. The fourth-order valence-corrected chi connectivity index (χ4v) is 1.71. The second-order valence-electron chi connectivity index (χ2n) is 3.87. The van der Waals surface area contributed by atoms with Crippen molar-refractivity contribution in [1.82, 2.24) is 29.5 Å². The van der Waals surface area contributed by atoms with Crippen molar-refractivity contribution in [2.75, 3.05) is 11.9 Å². The topological polar surface area (TPSA) is 84.3 Å². The van der Waals surface area contributed by atoms with Crippen molar-refractivity contribution in [1.29, 1.82) is 0 Å². The van der Waals surface area contributed by atoms with E-state index in [9.17, 15) is 0 Å². The maximum Gasteiger partial charge on any atom is 0.226 e. The Labute approximate surface area is 103 Å². The highest BCUT2D eigenvalue weighted by molar-refractivity contribution is 5.79. The normalized spacial score (nSPS) is 10.9. The summed E-state index contributed by atoms with van der Waals surface area (Å²) in [5.74, 6) is 1.33. The van der Waals surface area contributed by atoms with E-state index in [4.69, 9.17) is 0 Å². The minimum absolute atomic E-state index is 0.583. The maximum absolute atomic E-state index is 4.48. The van der Waals surface area contributed by atoms with Gasteiger partial charge in [-0.2, -0.15) is 9.97 Å². The van der Waals surface area contributed by atoms with Crippen LogP contribution in [0.5, 0.6) is 0 Å². The number of hydrogen-bond donors (Lipinski definition) is 2. The highest BCUT2D eigenvalue weighted by Gasteiger charge is 2.10. The van der Waals surface area contributed by atoms with Crippen molar-refractivity contribution in [2.45, 2.75) is 13.3 Å². The molecule has 7 nitrogen and oxygen atoms in total. The van der Waals surface area contributed by atoms with Crippen LogP contribution < -0.4 is 5.32 Å². The Hall–Kier alpha value is -2.44. The van der Waals surface area contributed by atoms with E-state index in [0.717, 1.165) is 24.3 Å². The quantitative estimate of drug-likeness (QED) is 0.722. The molecule has 0 aliphatic rings. The summed E-state index contributed by atoms with van der Waals surface area (Å²) in [7, 11) is 0. The van der Waals surface area contributed by atoms with E-state index in [0.29, 0.717) is 11.6 Å². The molecule has 7 heteroatoms. The molecule has 92 valence electrons. The van der Waals surface area contributed by atoms with Gasteiger partial charge in [0.25, 0.3) is 0 Å². The summed E-state index contributed by atoms with van der Waals surface area (Å²) in [5, 5.41) is 3.17. The molecule has 18 heavy (non-hydrogen) atoms. The van der Waals surface area contributed by atoms with Crippen LogP contribution in [0.3, 0.4) is 0 Å². The number of hydrogen-bond acceptors (Lipinski definition) is 5. The summed E-state index contributed by atoms with van der Waals surface area (Å²) >= 11 is 0. The highest BCUT2D eigenvalue weighted by Crippen LogP contribution is 2.17.